The van der Waals surface area contributed by atoms with Gasteiger partial charge in [0, 0.05) is 17.5 Å². The highest BCUT2D eigenvalue weighted by molar-refractivity contribution is 9.11. The smallest absolute Gasteiger partial charge is 0.243 e. The Morgan fingerprint density at radius 2 is 2.11 bits per heavy atom. The van der Waals surface area contributed by atoms with Crippen molar-refractivity contribution in [1.82, 2.24) is 10.2 Å². The molecule has 0 spiro atoms. The summed E-state index contributed by atoms with van der Waals surface area (Å²) in [6.45, 7) is 5.05. The second-order valence-corrected chi connectivity index (χ2v) is 9.64. The van der Waals surface area contributed by atoms with E-state index < -0.39 is 6.04 Å². The van der Waals surface area contributed by atoms with Crippen LogP contribution in [0.25, 0.3) is 11.1 Å². The molecule has 0 bridgehead atoms. The summed E-state index contributed by atoms with van der Waals surface area (Å²) < 4.78 is 0.961. The maximum absolute atomic E-state index is 12.6. The zero-order valence-electron chi connectivity index (χ0n) is 16.8. The number of hydrogen-bond acceptors (Lipinski definition) is 5. The molecule has 1 amide bonds. The molecule has 28 heavy (non-hydrogen) atoms. The lowest BCUT2D eigenvalue weighted by Gasteiger charge is -2.21. The number of nitriles is 1. The number of carbonyl (C=O) groups is 1. The first-order valence-electron chi connectivity index (χ1n) is 9.24. The Balaban J connectivity index is 2.32. The molecule has 0 saturated carbocycles. The highest BCUT2D eigenvalue weighted by Gasteiger charge is 2.23. The van der Waals surface area contributed by atoms with Gasteiger partial charge in [0.2, 0.25) is 5.91 Å². The summed E-state index contributed by atoms with van der Waals surface area (Å²) in [7, 11) is 4.11. The van der Waals surface area contributed by atoms with Crippen molar-refractivity contribution >= 4 is 38.9 Å². The fourth-order valence-electron chi connectivity index (χ4n) is 3.01. The lowest BCUT2D eigenvalue weighted by molar-refractivity contribution is -0.121. The summed E-state index contributed by atoms with van der Waals surface area (Å²) in [6.07, 6.45) is 0.680. The molecule has 2 aromatic rings. The van der Waals surface area contributed by atoms with E-state index in [0.717, 1.165) is 27.1 Å². The van der Waals surface area contributed by atoms with Crippen LogP contribution >= 0.6 is 27.3 Å². The van der Waals surface area contributed by atoms with Gasteiger partial charge in [0.1, 0.15) is 12.6 Å². The second kappa shape index (κ2) is 10.6. The largest absolute Gasteiger partial charge is 0.372 e. The number of halogens is 1. The topological polar surface area (TPSA) is 68.2 Å². The van der Waals surface area contributed by atoms with Crippen molar-refractivity contribution in [3.63, 3.8) is 0 Å². The minimum atomic E-state index is -0.400. The SMILES string of the molecule is CC(C)C[C@H](Nc1c(-c2cccc(CN(C)C)c2)csc1Br)C(=O)NCC#N. The standard InChI is InChI=1S/C21H27BrN4OS/c1-14(2)10-18(21(27)24-9-8-23)25-19-17(13-28-20(19)22)16-7-5-6-15(11-16)12-26(3)4/h5-7,11,13-14,18,25H,9-10,12H2,1-4H3,(H,24,27)/t18-/m0/s1. The van der Waals surface area contributed by atoms with Crippen LogP contribution in [-0.2, 0) is 11.3 Å². The molecule has 0 radical (unpaired) electrons. The molecule has 0 aliphatic heterocycles. The molecule has 5 nitrogen and oxygen atoms in total. The Kier molecular flexibility index (Phi) is 8.49. The predicted octanol–water partition coefficient (Wildman–Crippen LogP) is 4.71. The summed E-state index contributed by atoms with van der Waals surface area (Å²) in [5, 5.41) is 17.0. The minimum absolute atomic E-state index is 0.0132. The van der Waals surface area contributed by atoms with Crippen LogP contribution in [0.4, 0.5) is 5.69 Å². The summed E-state index contributed by atoms with van der Waals surface area (Å²) >= 11 is 5.23. The van der Waals surface area contributed by atoms with E-state index in [0.29, 0.717) is 12.3 Å². The number of benzene rings is 1. The van der Waals surface area contributed by atoms with Gasteiger partial charge in [0.15, 0.2) is 0 Å². The molecule has 150 valence electrons. The fourth-order valence-corrected chi connectivity index (χ4v) is 4.38. The van der Waals surface area contributed by atoms with Gasteiger partial charge in [-0.2, -0.15) is 5.26 Å². The molecule has 7 heteroatoms. The van der Waals surface area contributed by atoms with Crippen LogP contribution < -0.4 is 10.6 Å². The number of nitrogens with zero attached hydrogens (tertiary/aromatic N) is 2. The number of hydrogen-bond donors (Lipinski definition) is 2. The summed E-state index contributed by atoms with van der Waals surface area (Å²) in [6, 6.07) is 10.0. The first-order valence-corrected chi connectivity index (χ1v) is 10.9. The third-order valence-electron chi connectivity index (χ3n) is 4.17. The van der Waals surface area contributed by atoms with Gasteiger partial charge >= 0.3 is 0 Å². The summed E-state index contributed by atoms with van der Waals surface area (Å²) in [4.78, 5) is 14.7. The lowest BCUT2D eigenvalue weighted by atomic mass is 10.0. The second-order valence-electron chi connectivity index (χ2n) is 7.44. The van der Waals surface area contributed by atoms with Gasteiger partial charge < -0.3 is 15.5 Å². The Morgan fingerprint density at radius 1 is 1.36 bits per heavy atom. The van der Waals surface area contributed by atoms with Gasteiger partial charge in [-0.25, -0.2) is 0 Å². The average molecular weight is 463 g/mol. The monoisotopic (exact) mass is 462 g/mol. The Bertz CT molecular complexity index is 841. The molecule has 2 rings (SSSR count). The van der Waals surface area contributed by atoms with Gasteiger partial charge in [-0.05, 0) is 59.6 Å². The number of thiophene rings is 1. The predicted molar refractivity (Wildman–Crippen MR) is 120 cm³/mol. The highest BCUT2D eigenvalue weighted by Crippen LogP contribution is 2.40. The van der Waals surface area contributed by atoms with Crippen LogP contribution in [0.2, 0.25) is 0 Å². The molecule has 1 aromatic heterocycles. The van der Waals surface area contributed by atoms with Crippen molar-refractivity contribution in [3.8, 4) is 17.2 Å². The van der Waals surface area contributed by atoms with Crippen LogP contribution in [0.1, 0.15) is 25.8 Å². The summed E-state index contributed by atoms with van der Waals surface area (Å²) in [5.41, 5.74) is 4.34. The Hall–Kier alpha value is -1.88. The molecule has 2 N–H and O–H groups in total. The number of carbonyl (C=O) groups excluding carboxylic acids is 1. The van der Waals surface area contributed by atoms with Gasteiger partial charge in [-0.3, -0.25) is 4.79 Å². The van der Waals surface area contributed by atoms with Gasteiger partial charge in [-0.1, -0.05) is 32.0 Å². The first kappa shape index (κ1) is 22.4. The van der Waals surface area contributed by atoms with E-state index >= 15 is 0 Å². The lowest BCUT2D eigenvalue weighted by Crippen LogP contribution is -2.40. The van der Waals surface area contributed by atoms with Crippen molar-refractivity contribution in [2.45, 2.75) is 32.9 Å². The Morgan fingerprint density at radius 3 is 2.75 bits per heavy atom. The molecule has 1 heterocycles. The Labute approximate surface area is 179 Å². The van der Waals surface area contributed by atoms with Crippen molar-refractivity contribution in [2.24, 2.45) is 5.92 Å². The van der Waals surface area contributed by atoms with Gasteiger partial charge in [-0.15, -0.1) is 11.3 Å². The maximum atomic E-state index is 12.6. The highest BCUT2D eigenvalue weighted by atomic mass is 79.9. The zero-order valence-corrected chi connectivity index (χ0v) is 19.2. The maximum Gasteiger partial charge on any atom is 0.243 e. The van der Waals surface area contributed by atoms with Crippen LogP contribution in [-0.4, -0.2) is 37.5 Å². The molecular formula is C21H27BrN4OS. The quantitative estimate of drug-likeness (QED) is 0.529. The molecule has 1 aromatic carbocycles. The minimum Gasteiger partial charge on any atom is -0.372 e. The van der Waals surface area contributed by atoms with E-state index in [1.807, 2.05) is 6.07 Å². The zero-order chi connectivity index (χ0) is 20.7. The van der Waals surface area contributed by atoms with Crippen LogP contribution in [0.5, 0.6) is 0 Å². The van der Waals surface area contributed by atoms with Crippen molar-refractivity contribution in [1.29, 1.82) is 5.26 Å². The van der Waals surface area contributed by atoms with Crippen LogP contribution in [0.15, 0.2) is 33.4 Å². The molecule has 0 aliphatic rings. The average Bonchev–Trinajstić information content (AvgIpc) is 2.99. The van der Waals surface area contributed by atoms with Crippen molar-refractivity contribution < 1.29 is 4.79 Å². The van der Waals surface area contributed by atoms with Crippen LogP contribution in [0, 0.1) is 17.2 Å². The molecular weight excluding hydrogens is 436 g/mol. The van der Waals surface area contributed by atoms with Gasteiger partial charge in [0.05, 0.1) is 15.5 Å². The molecule has 0 saturated heterocycles. The van der Waals surface area contributed by atoms with E-state index in [4.69, 9.17) is 5.26 Å². The first-order chi connectivity index (χ1) is 13.3. The van der Waals surface area contributed by atoms with E-state index in [1.165, 1.54) is 5.56 Å². The van der Waals surface area contributed by atoms with Crippen LogP contribution in [0.3, 0.4) is 0 Å². The number of anilines is 1. The van der Waals surface area contributed by atoms with E-state index in [2.05, 4.69) is 89.1 Å². The molecule has 0 unspecified atom stereocenters. The van der Waals surface area contributed by atoms with Crippen molar-refractivity contribution in [2.75, 3.05) is 26.0 Å². The third kappa shape index (κ3) is 6.33. The van der Waals surface area contributed by atoms with Crippen molar-refractivity contribution in [3.05, 3.63) is 39.0 Å². The van der Waals surface area contributed by atoms with Gasteiger partial charge in [0.25, 0.3) is 0 Å². The summed E-state index contributed by atoms with van der Waals surface area (Å²) in [5.74, 6) is 0.190. The van der Waals surface area contributed by atoms with E-state index in [1.54, 1.807) is 11.3 Å². The van der Waals surface area contributed by atoms with E-state index in [9.17, 15) is 4.79 Å². The normalized spacial score (nSPS) is 12.1. The number of amides is 1. The molecule has 0 fully saturated rings. The van der Waals surface area contributed by atoms with E-state index in [-0.39, 0.29) is 12.5 Å². The molecule has 1 atom stereocenters. The fraction of sp³-hybridized carbons (Fsp3) is 0.429. The third-order valence-corrected chi connectivity index (χ3v) is 5.89. The number of nitrogens with one attached hydrogen (secondary N) is 2. The number of rotatable bonds is 9. The molecule has 0 aliphatic carbocycles.